The number of carbonyl (C=O) groups is 2. The van der Waals surface area contributed by atoms with Crippen LogP contribution >= 0.6 is 0 Å². The minimum Gasteiger partial charge on any atom is -0.465 e. The van der Waals surface area contributed by atoms with Crippen molar-refractivity contribution in [2.75, 3.05) is 7.11 Å². The van der Waals surface area contributed by atoms with E-state index < -0.39 is 52.0 Å². The first-order valence-electron chi connectivity index (χ1n) is 8.24. The first-order chi connectivity index (χ1) is 13.3. The number of nitrogens with one attached hydrogen (secondary N) is 1. The molecule has 9 heteroatoms. The third-order valence-corrected chi connectivity index (χ3v) is 4.44. The maximum Gasteiger partial charge on any atom is 0.408 e. The minimum absolute atomic E-state index is 0.0394. The maximum absolute atomic E-state index is 14.5. The second-order valence-corrected chi connectivity index (χ2v) is 6.27. The number of amides is 1. The second-order valence-electron chi connectivity index (χ2n) is 6.27. The third-order valence-electron chi connectivity index (χ3n) is 4.44. The van der Waals surface area contributed by atoms with Crippen LogP contribution in [-0.4, -0.2) is 19.2 Å². The Balaban J connectivity index is 1.84. The van der Waals surface area contributed by atoms with Crippen molar-refractivity contribution in [1.82, 2.24) is 5.32 Å². The Morgan fingerprint density at radius 2 is 1.57 bits per heavy atom. The molecule has 1 amide bonds. The average molecular weight is 397 g/mol. The molecule has 3 rings (SSSR count). The Morgan fingerprint density at radius 1 is 1.00 bits per heavy atom. The largest absolute Gasteiger partial charge is 0.465 e. The van der Waals surface area contributed by atoms with Gasteiger partial charge in [-0.2, -0.15) is 0 Å². The fourth-order valence-electron chi connectivity index (χ4n) is 2.85. The molecule has 0 atom stereocenters. The highest BCUT2D eigenvalue weighted by Gasteiger charge is 2.52. The van der Waals surface area contributed by atoms with Gasteiger partial charge in [0.25, 0.3) is 0 Å². The number of alkyl carbamates (subject to hydrolysis) is 1. The highest BCUT2D eigenvalue weighted by molar-refractivity contribution is 5.90. The van der Waals surface area contributed by atoms with Crippen molar-refractivity contribution in [3.05, 3.63) is 70.3 Å². The van der Waals surface area contributed by atoms with Crippen molar-refractivity contribution in [3.63, 3.8) is 0 Å². The maximum atomic E-state index is 14.5. The summed E-state index contributed by atoms with van der Waals surface area (Å²) in [4.78, 5) is 23.4. The fraction of sp³-hybridized carbons (Fsp3) is 0.263. The SMILES string of the molecule is COC(=O)c1c(F)c(F)c(C2(NC(=O)OCc3ccccc3)CC2)c(F)c1F. The van der Waals surface area contributed by atoms with Gasteiger partial charge in [0.05, 0.1) is 18.2 Å². The van der Waals surface area contributed by atoms with Gasteiger partial charge in [0.1, 0.15) is 12.2 Å². The number of hydrogen-bond acceptors (Lipinski definition) is 4. The summed E-state index contributed by atoms with van der Waals surface area (Å²) < 4.78 is 66.4. The molecule has 0 heterocycles. The normalized spacial score (nSPS) is 14.3. The van der Waals surface area contributed by atoms with Crippen LogP contribution in [0.15, 0.2) is 30.3 Å². The van der Waals surface area contributed by atoms with Gasteiger partial charge in [-0.3, -0.25) is 0 Å². The van der Waals surface area contributed by atoms with Crippen molar-refractivity contribution >= 4 is 12.1 Å². The number of halogens is 4. The number of esters is 1. The van der Waals surface area contributed by atoms with E-state index in [1.807, 2.05) is 0 Å². The molecule has 1 fully saturated rings. The van der Waals surface area contributed by atoms with Crippen LogP contribution < -0.4 is 5.32 Å². The second kappa shape index (κ2) is 7.49. The van der Waals surface area contributed by atoms with Crippen LogP contribution in [0.2, 0.25) is 0 Å². The number of hydrogen-bond donors (Lipinski definition) is 1. The third kappa shape index (κ3) is 3.51. The summed E-state index contributed by atoms with van der Waals surface area (Å²) in [6, 6.07) is 8.65. The monoisotopic (exact) mass is 397 g/mol. The van der Waals surface area contributed by atoms with E-state index in [0.29, 0.717) is 5.56 Å². The molecule has 1 aliphatic carbocycles. The van der Waals surface area contributed by atoms with Gasteiger partial charge < -0.3 is 14.8 Å². The molecule has 148 valence electrons. The van der Waals surface area contributed by atoms with Crippen molar-refractivity contribution in [1.29, 1.82) is 0 Å². The molecule has 0 bridgehead atoms. The topological polar surface area (TPSA) is 64.6 Å². The van der Waals surface area contributed by atoms with E-state index in [1.165, 1.54) is 0 Å². The first kappa shape index (κ1) is 19.7. The zero-order valence-electron chi connectivity index (χ0n) is 14.7. The van der Waals surface area contributed by atoms with E-state index in [0.717, 1.165) is 7.11 Å². The molecule has 1 aliphatic rings. The van der Waals surface area contributed by atoms with E-state index in [1.54, 1.807) is 30.3 Å². The summed E-state index contributed by atoms with van der Waals surface area (Å²) in [5, 5.41) is 2.26. The fourth-order valence-corrected chi connectivity index (χ4v) is 2.85. The van der Waals surface area contributed by atoms with Gasteiger partial charge in [0.15, 0.2) is 23.3 Å². The Labute approximate surface area is 157 Å². The average Bonchev–Trinajstić information content (AvgIpc) is 3.45. The number of ether oxygens (including phenoxy) is 2. The van der Waals surface area contributed by atoms with Gasteiger partial charge in [-0.25, -0.2) is 27.2 Å². The molecule has 0 aromatic heterocycles. The smallest absolute Gasteiger partial charge is 0.408 e. The van der Waals surface area contributed by atoms with Gasteiger partial charge in [0, 0.05) is 0 Å². The van der Waals surface area contributed by atoms with Crippen LogP contribution in [0, 0.1) is 23.3 Å². The summed E-state index contributed by atoms with van der Waals surface area (Å²) in [6.07, 6.45) is -0.923. The zero-order chi connectivity index (χ0) is 20.5. The Kier molecular flexibility index (Phi) is 5.26. The Hall–Kier alpha value is -3.10. The standard InChI is InChI=1S/C19H15F4NO4/c1-27-17(25)11-13(20)15(22)12(16(23)14(11)21)19(7-8-19)24-18(26)28-9-10-5-3-2-4-6-10/h2-6H,7-9H2,1H3,(H,24,26). The molecule has 0 aliphatic heterocycles. The summed E-state index contributed by atoms with van der Waals surface area (Å²) in [7, 11) is 0.817. The molecule has 28 heavy (non-hydrogen) atoms. The van der Waals surface area contributed by atoms with Crippen molar-refractivity contribution < 1.29 is 36.6 Å². The van der Waals surface area contributed by atoms with Crippen LogP contribution in [0.25, 0.3) is 0 Å². The highest BCUT2D eigenvalue weighted by atomic mass is 19.2. The lowest BCUT2D eigenvalue weighted by molar-refractivity contribution is 0.0586. The summed E-state index contributed by atoms with van der Waals surface area (Å²) in [5.41, 5.74) is -3.44. The molecule has 0 unspecified atom stereocenters. The quantitative estimate of drug-likeness (QED) is 0.472. The summed E-state index contributed by atoms with van der Waals surface area (Å²) >= 11 is 0. The van der Waals surface area contributed by atoms with Gasteiger partial charge in [0.2, 0.25) is 0 Å². The predicted octanol–water partition coefficient (Wildman–Crippen LogP) is 3.95. The summed E-state index contributed by atoms with van der Waals surface area (Å²) in [5.74, 6) is -8.85. The molecular formula is C19H15F4NO4. The molecule has 0 radical (unpaired) electrons. The van der Waals surface area contributed by atoms with Crippen LogP contribution in [-0.2, 0) is 21.6 Å². The molecule has 2 aromatic carbocycles. The molecule has 2 aromatic rings. The molecular weight excluding hydrogens is 382 g/mol. The van der Waals surface area contributed by atoms with Crippen LogP contribution in [0.3, 0.4) is 0 Å². The lowest BCUT2D eigenvalue weighted by Gasteiger charge is -2.20. The number of rotatable bonds is 5. The van der Waals surface area contributed by atoms with Crippen molar-refractivity contribution in [3.8, 4) is 0 Å². The van der Waals surface area contributed by atoms with Crippen molar-refractivity contribution in [2.24, 2.45) is 0 Å². The lowest BCUT2D eigenvalue weighted by Crippen LogP contribution is -2.37. The predicted molar refractivity (Wildman–Crippen MR) is 88.3 cm³/mol. The van der Waals surface area contributed by atoms with Gasteiger partial charge in [-0.15, -0.1) is 0 Å². The van der Waals surface area contributed by atoms with Gasteiger partial charge in [-0.1, -0.05) is 30.3 Å². The Morgan fingerprint density at radius 3 is 2.07 bits per heavy atom. The molecule has 1 saturated carbocycles. The lowest BCUT2D eigenvalue weighted by atomic mass is 9.99. The number of methoxy groups -OCH3 is 1. The van der Waals surface area contributed by atoms with Gasteiger partial charge >= 0.3 is 12.1 Å². The zero-order valence-corrected chi connectivity index (χ0v) is 14.7. The van der Waals surface area contributed by atoms with E-state index in [-0.39, 0.29) is 19.4 Å². The minimum atomic E-state index is -1.88. The first-order valence-corrected chi connectivity index (χ1v) is 8.24. The van der Waals surface area contributed by atoms with Crippen molar-refractivity contribution in [2.45, 2.75) is 25.0 Å². The molecule has 5 nitrogen and oxygen atoms in total. The van der Waals surface area contributed by atoms with E-state index in [4.69, 9.17) is 4.74 Å². The highest BCUT2D eigenvalue weighted by Crippen LogP contribution is 2.48. The van der Waals surface area contributed by atoms with E-state index in [2.05, 4.69) is 10.1 Å². The number of benzene rings is 2. The van der Waals surface area contributed by atoms with Crippen LogP contribution in [0.5, 0.6) is 0 Å². The molecule has 0 spiro atoms. The molecule has 0 saturated heterocycles. The van der Waals surface area contributed by atoms with Crippen LogP contribution in [0.4, 0.5) is 22.4 Å². The number of carbonyl (C=O) groups excluding carboxylic acids is 2. The molecule has 1 N–H and O–H groups in total. The summed E-state index contributed by atoms with van der Waals surface area (Å²) in [6.45, 7) is -0.0995. The van der Waals surface area contributed by atoms with E-state index in [9.17, 15) is 27.2 Å². The van der Waals surface area contributed by atoms with E-state index >= 15 is 0 Å². The van der Waals surface area contributed by atoms with Gasteiger partial charge in [-0.05, 0) is 18.4 Å². The van der Waals surface area contributed by atoms with Crippen LogP contribution in [0.1, 0.15) is 34.3 Å². The Bertz CT molecular complexity index is 900.